The molecule has 2 nitrogen and oxygen atoms in total. The second-order valence-electron chi connectivity index (χ2n) is 3.15. The van der Waals surface area contributed by atoms with Crippen molar-refractivity contribution in [2.75, 3.05) is 0 Å². The number of hydrogen-bond donors (Lipinski definition) is 1. The van der Waals surface area contributed by atoms with Crippen LogP contribution >= 0.6 is 11.3 Å². The monoisotopic (exact) mass is 244 g/mol. The molecular formula is C10H7F3N2S. The van der Waals surface area contributed by atoms with Crippen LogP contribution in [0.4, 0.5) is 13.2 Å². The molecule has 0 saturated carbocycles. The van der Waals surface area contributed by atoms with Gasteiger partial charge in [-0.2, -0.15) is 0 Å². The molecule has 0 fully saturated rings. The van der Waals surface area contributed by atoms with Gasteiger partial charge in [-0.15, -0.1) is 11.3 Å². The maximum atomic E-state index is 13.0. The molecule has 0 aliphatic carbocycles. The van der Waals surface area contributed by atoms with E-state index >= 15 is 0 Å². The fourth-order valence-corrected chi connectivity index (χ4v) is 1.95. The topological polar surface area (TPSA) is 38.9 Å². The number of nitrogens with zero attached hydrogens (tertiary/aromatic N) is 1. The molecule has 16 heavy (non-hydrogen) atoms. The quantitative estimate of drug-likeness (QED) is 0.825. The first kappa shape index (κ1) is 11.1. The minimum absolute atomic E-state index is 0.159. The summed E-state index contributed by atoms with van der Waals surface area (Å²) in [7, 11) is 0. The Bertz CT molecular complexity index is 476. The molecule has 2 rings (SSSR count). The third kappa shape index (κ3) is 1.94. The molecule has 1 heterocycles. The van der Waals surface area contributed by atoms with Crippen LogP contribution in [0.15, 0.2) is 23.7 Å². The van der Waals surface area contributed by atoms with Gasteiger partial charge >= 0.3 is 0 Å². The van der Waals surface area contributed by atoms with Crippen LogP contribution in [-0.2, 0) is 0 Å². The van der Waals surface area contributed by atoms with Crippen molar-refractivity contribution in [3.8, 4) is 0 Å². The summed E-state index contributed by atoms with van der Waals surface area (Å²) in [6.45, 7) is 0. The van der Waals surface area contributed by atoms with E-state index in [9.17, 15) is 13.2 Å². The molecule has 1 aromatic carbocycles. The van der Waals surface area contributed by atoms with Gasteiger partial charge in [-0.05, 0) is 17.7 Å². The Morgan fingerprint density at radius 1 is 1.19 bits per heavy atom. The van der Waals surface area contributed by atoms with E-state index < -0.39 is 23.5 Å². The normalized spacial score (nSPS) is 12.8. The molecule has 1 unspecified atom stereocenters. The van der Waals surface area contributed by atoms with Gasteiger partial charge in [0.25, 0.3) is 0 Å². The maximum Gasteiger partial charge on any atom is 0.194 e. The number of rotatable bonds is 2. The van der Waals surface area contributed by atoms with Crippen molar-refractivity contribution in [1.29, 1.82) is 0 Å². The van der Waals surface area contributed by atoms with Crippen LogP contribution < -0.4 is 5.73 Å². The van der Waals surface area contributed by atoms with E-state index in [0.29, 0.717) is 5.01 Å². The van der Waals surface area contributed by atoms with E-state index in [1.165, 1.54) is 17.5 Å². The highest BCUT2D eigenvalue weighted by molar-refractivity contribution is 7.09. The molecule has 0 aliphatic heterocycles. The van der Waals surface area contributed by atoms with E-state index in [1.54, 1.807) is 5.38 Å². The standard InChI is InChI=1S/C10H7F3N2S/c11-6-3-5(4-7(12)8(6)13)9(14)10-15-1-2-16-10/h1-4,9H,14H2. The van der Waals surface area contributed by atoms with Crippen molar-refractivity contribution in [2.24, 2.45) is 5.73 Å². The molecule has 84 valence electrons. The third-order valence-corrected chi connectivity index (χ3v) is 2.94. The number of benzene rings is 1. The van der Waals surface area contributed by atoms with Gasteiger partial charge in [0.05, 0.1) is 6.04 Å². The van der Waals surface area contributed by atoms with Gasteiger partial charge in [0, 0.05) is 11.6 Å². The van der Waals surface area contributed by atoms with Gasteiger partial charge in [0.2, 0.25) is 0 Å². The summed E-state index contributed by atoms with van der Waals surface area (Å²) in [6.07, 6.45) is 1.54. The minimum atomic E-state index is -1.49. The highest BCUT2D eigenvalue weighted by Gasteiger charge is 2.17. The Hall–Kier alpha value is -1.40. The minimum Gasteiger partial charge on any atom is -0.318 e. The SMILES string of the molecule is NC(c1cc(F)c(F)c(F)c1)c1nccs1. The zero-order chi connectivity index (χ0) is 11.7. The van der Waals surface area contributed by atoms with Crippen LogP contribution in [0.25, 0.3) is 0 Å². The van der Waals surface area contributed by atoms with E-state index in [1.807, 2.05) is 0 Å². The van der Waals surface area contributed by atoms with Crippen LogP contribution in [0.1, 0.15) is 16.6 Å². The molecular weight excluding hydrogens is 237 g/mol. The predicted octanol–water partition coefficient (Wildman–Crippen LogP) is 2.61. The Labute approximate surface area is 93.5 Å². The first-order valence-electron chi connectivity index (χ1n) is 4.39. The lowest BCUT2D eigenvalue weighted by Gasteiger charge is -2.09. The average Bonchev–Trinajstić information content (AvgIpc) is 2.77. The molecule has 1 atom stereocenters. The highest BCUT2D eigenvalue weighted by Crippen LogP contribution is 2.24. The average molecular weight is 244 g/mol. The fraction of sp³-hybridized carbons (Fsp3) is 0.100. The number of nitrogens with two attached hydrogens (primary N) is 1. The number of thiazole rings is 1. The van der Waals surface area contributed by atoms with Crippen molar-refractivity contribution >= 4 is 11.3 Å². The summed E-state index contributed by atoms with van der Waals surface area (Å²) in [4.78, 5) is 3.93. The lowest BCUT2D eigenvalue weighted by molar-refractivity contribution is 0.444. The fourth-order valence-electron chi connectivity index (χ4n) is 1.29. The third-order valence-electron chi connectivity index (χ3n) is 2.08. The first-order chi connectivity index (χ1) is 7.59. The Morgan fingerprint density at radius 2 is 1.81 bits per heavy atom. The Morgan fingerprint density at radius 3 is 2.31 bits per heavy atom. The molecule has 0 amide bonds. The lowest BCUT2D eigenvalue weighted by atomic mass is 10.1. The van der Waals surface area contributed by atoms with Gasteiger partial charge in [-0.3, -0.25) is 0 Å². The van der Waals surface area contributed by atoms with Crippen molar-refractivity contribution in [1.82, 2.24) is 4.98 Å². The summed E-state index contributed by atoms with van der Waals surface area (Å²) in [5, 5.41) is 2.22. The predicted molar refractivity (Wildman–Crippen MR) is 54.5 cm³/mol. The number of hydrogen-bond acceptors (Lipinski definition) is 3. The summed E-state index contributed by atoms with van der Waals surface area (Å²) in [5.74, 6) is -3.99. The molecule has 0 aliphatic rings. The van der Waals surface area contributed by atoms with Crippen LogP contribution in [-0.4, -0.2) is 4.98 Å². The van der Waals surface area contributed by atoms with Crippen LogP contribution in [0.3, 0.4) is 0 Å². The maximum absolute atomic E-state index is 13.0. The van der Waals surface area contributed by atoms with Crippen molar-refractivity contribution in [2.45, 2.75) is 6.04 Å². The molecule has 0 radical (unpaired) electrons. The van der Waals surface area contributed by atoms with Gasteiger partial charge in [0.15, 0.2) is 17.5 Å². The molecule has 6 heteroatoms. The Kier molecular flexibility index (Phi) is 2.93. The van der Waals surface area contributed by atoms with E-state index in [-0.39, 0.29) is 5.56 Å². The highest BCUT2D eigenvalue weighted by atomic mass is 32.1. The molecule has 2 N–H and O–H groups in total. The van der Waals surface area contributed by atoms with Gasteiger partial charge in [-0.1, -0.05) is 0 Å². The molecule has 1 aromatic heterocycles. The zero-order valence-electron chi connectivity index (χ0n) is 7.95. The molecule has 0 bridgehead atoms. The van der Waals surface area contributed by atoms with Crippen molar-refractivity contribution < 1.29 is 13.2 Å². The van der Waals surface area contributed by atoms with Gasteiger partial charge < -0.3 is 5.73 Å². The van der Waals surface area contributed by atoms with Gasteiger partial charge in [0.1, 0.15) is 5.01 Å². The summed E-state index contributed by atoms with van der Waals surface area (Å²) >= 11 is 1.27. The molecule has 2 aromatic rings. The smallest absolute Gasteiger partial charge is 0.194 e. The van der Waals surface area contributed by atoms with E-state index in [0.717, 1.165) is 12.1 Å². The molecule has 0 saturated heterocycles. The molecule has 0 spiro atoms. The summed E-state index contributed by atoms with van der Waals surface area (Å²) < 4.78 is 38.6. The second kappa shape index (κ2) is 4.23. The van der Waals surface area contributed by atoms with Crippen LogP contribution in [0.5, 0.6) is 0 Å². The van der Waals surface area contributed by atoms with Crippen molar-refractivity contribution in [3.63, 3.8) is 0 Å². The summed E-state index contributed by atoms with van der Waals surface area (Å²) in [5.41, 5.74) is 5.90. The van der Waals surface area contributed by atoms with Crippen molar-refractivity contribution in [3.05, 3.63) is 51.7 Å². The second-order valence-corrected chi connectivity index (χ2v) is 4.07. The van der Waals surface area contributed by atoms with E-state index in [2.05, 4.69) is 4.98 Å². The van der Waals surface area contributed by atoms with Crippen LogP contribution in [0, 0.1) is 17.5 Å². The zero-order valence-corrected chi connectivity index (χ0v) is 8.77. The Balaban J connectivity index is 2.42. The number of aromatic nitrogens is 1. The largest absolute Gasteiger partial charge is 0.318 e. The first-order valence-corrected chi connectivity index (χ1v) is 5.27. The van der Waals surface area contributed by atoms with Crippen LogP contribution in [0.2, 0.25) is 0 Å². The van der Waals surface area contributed by atoms with Gasteiger partial charge in [-0.25, -0.2) is 18.2 Å². The lowest BCUT2D eigenvalue weighted by Crippen LogP contribution is -2.12. The van der Waals surface area contributed by atoms with E-state index in [4.69, 9.17) is 5.73 Å². The number of halogens is 3. The summed E-state index contributed by atoms with van der Waals surface area (Å²) in [6, 6.07) is 1.01.